The topological polar surface area (TPSA) is 33.0 Å². The maximum absolute atomic E-state index is 9.26. The van der Waals surface area contributed by atoms with Gasteiger partial charge < -0.3 is 4.74 Å². The number of benzene rings is 2. The van der Waals surface area contributed by atoms with E-state index in [-0.39, 0.29) is 0 Å². The highest BCUT2D eigenvalue weighted by Crippen LogP contribution is 2.34. The molecule has 2 aromatic carbocycles. The summed E-state index contributed by atoms with van der Waals surface area (Å²) in [6, 6.07) is 13.3. The van der Waals surface area contributed by atoms with Gasteiger partial charge in [0.1, 0.15) is 23.1 Å². The molecule has 96 valence electrons. The Hall–Kier alpha value is -1.63. The molecule has 0 N–H and O–H groups in total. The molecule has 2 rings (SSSR count). The van der Waals surface area contributed by atoms with Crippen LogP contribution < -0.4 is 4.74 Å². The van der Waals surface area contributed by atoms with Crippen LogP contribution in [0, 0.1) is 18.3 Å². The Kier molecular flexibility index (Phi) is 4.36. The van der Waals surface area contributed by atoms with Crippen LogP contribution in [-0.2, 0) is 0 Å². The van der Waals surface area contributed by atoms with Gasteiger partial charge in [-0.1, -0.05) is 23.7 Å². The minimum Gasteiger partial charge on any atom is -0.454 e. The van der Waals surface area contributed by atoms with E-state index in [1.54, 1.807) is 12.1 Å². The zero-order chi connectivity index (χ0) is 13.8. The molecule has 4 heteroatoms. The zero-order valence-electron chi connectivity index (χ0n) is 10.6. The van der Waals surface area contributed by atoms with Crippen LogP contribution >= 0.6 is 23.4 Å². The van der Waals surface area contributed by atoms with Crippen LogP contribution in [0.4, 0.5) is 0 Å². The number of nitriles is 1. The van der Waals surface area contributed by atoms with E-state index in [1.807, 2.05) is 37.4 Å². The molecule has 0 unspecified atom stereocenters. The SMILES string of the molecule is CSc1cccc(Oc2cc(C)ccc2Cl)c1C#N. The second-order valence-corrected chi connectivity index (χ2v) is 5.24. The molecule has 0 radical (unpaired) electrons. The van der Waals surface area contributed by atoms with Crippen molar-refractivity contribution in [2.45, 2.75) is 11.8 Å². The lowest BCUT2D eigenvalue weighted by Crippen LogP contribution is -1.91. The van der Waals surface area contributed by atoms with Crippen LogP contribution in [0.1, 0.15) is 11.1 Å². The lowest BCUT2D eigenvalue weighted by Gasteiger charge is -2.11. The van der Waals surface area contributed by atoms with Crippen LogP contribution in [0.5, 0.6) is 11.5 Å². The van der Waals surface area contributed by atoms with Crippen molar-refractivity contribution in [2.24, 2.45) is 0 Å². The van der Waals surface area contributed by atoms with Crippen molar-refractivity contribution in [1.29, 1.82) is 5.26 Å². The Morgan fingerprint density at radius 2 is 2.00 bits per heavy atom. The molecular formula is C15H12ClNOS. The standard InChI is InChI=1S/C15H12ClNOS/c1-10-6-7-12(16)14(8-10)18-13-4-3-5-15(19-2)11(13)9-17/h3-8H,1-2H3. The molecule has 19 heavy (non-hydrogen) atoms. The Morgan fingerprint density at radius 1 is 1.21 bits per heavy atom. The fourth-order valence-electron chi connectivity index (χ4n) is 1.68. The fraction of sp³-hybridized carbons (Fsp3) is 0.133. The molecule has 0 spiro atoms. The number of hydrogen-bond donors (Lipinski definition) is 0. The first-order valence-corrected chi connectivity index (χ1v) is 7.27. The minimum absolute atomic E-state index is 0.529. The molecule has 0 saturated heterocycles. The number of nitrogens with zero attached hydrogens (tertiary/aromatic N) is 1. The third-order valence-electron chi connectivity index (χ3n) is 2.63. The highest BCUT2D eigenvalue weighted by Gasteiger charge is 2.11. The second kappa shape index (κ2) is 6.01. The maximum atomic E-state index is 9.26. The lowest BCUT2D eigenvalue weighted by molar-refractivity contribution is 0.479. The summed E-state index contributed by atoms with van der Waals surface area (Å²) in [4.78, 5) is 0.892. The summed E-state index contributed by atoms with van der Waals surface area (Å²) in [6.45, 7) is 1.96. The summed E-state index contributed by atoms with van der Waals surface area (Å²) >= 11 is 7.62. The third-order valence-corrected chi connectivity index (χ3v) is 3.72. The maximum Gasteiger partial charge on any atom is 0.146 e. The average Bonchev–Trinajstić information content (AvgIpc) is 2.42. The quantitative estimate of drug-likeness (QED) is 0.743. The molecule has 2 aromatic rings. The Labute approximate surface area is 122 Å². The molecule has 0 aliphatic carbocycles. The van der Waals surface area contributed by atoms with Crippen LogP contribution in [0.3, 0.4) is 0 Å². The number of ether oxygens (including phenoxy) is 1. The Morgan fingerprint density at radius 3 is 2.68 bits per heavy atom. The Balaban J connectivity index is 2.44. The highest BCUT2D eigenvalue weighted by molar-refractivity contribution is 7.98. The van der Waals surface area contributed by atoms with E-state index < -0.39 is 0 Å². The van der Waals surface area contributed by atoms with E-state index >= 15 is 0 Å². The number of thioether (sulfide) groups is 1. The van der Waals surface area contributed by atoms with E-state index in [0.29, 0.717) is 22.1 Å². The van der Waals surface area contributed by atoms with Gasteiger partial charge in [-0.3, -0.25) is 0 Å². The summed E-state index contributed by atoms with van der Waals surface area (Å²) in [6.07, 6.45) is 1.93. The first-order chi connectivity index (χ1) is 9.15. The van der Waals surface area contributed by atoms with Gasteiger partial charge in [0.2, 0.25) is 0 Å². The van der Waals surface area contributed by atoms with Crippen molar-refractivity contribution in [2.75, 3.05) is 6.26 Å². The predicted octanol–water partition coefficient (Wildman–Crippen LogP) is 5.03. The van der Waals surface area contributed by atoms with Crippen molar-refractivity contribution in [3.8, 4) is 17.6 Å². The molecule has 0 heterocycles. The summed E-state index contributed by atoms with van der Waals surface area (Å²) in [5.41, 5.74) is 1.59. The molecule has 0 fully saturated rings. The number of hydrogen-bond acceptors (Lipinski definition) is 3. The Bertz CT molecular complexity index is 649. The summed E-state index contributed by atoms with van der Waals surface area (Å²) in [5.74, 6) is 1.10. The van der Waals surface area contributed by atoms with Gasteiger partial charge >= 0.3 is 0 Å². The smallest absolute Gasteiger partial charge is 0.146 e. The molecule has 0 saturated carbocycles. The van der Waals surface area contributed by atoms with Gasteiger partial charge in [0.05, 0.1) is 5.02 Å². The molecular weight excluding hydrogens is 278 g/mol. The van der Waals surface area contributed by atoms with E-state index in [0.717, 1.165) is 10.5 Å². The largest absolute Gasteiger partial charge is 0.454 e. The van der Waals surface area contributed by atoms with Crippen LogP contribution in [0.25, 0.3) is 0 Å². The monoisotopic (exact) mass is 289 g/mol. The molecule has 0 aliphatic heterocycles. The zero-order valence-corrected chi connectivity index (χ0v) is 12.2. The lowest BCUT2D eigenvalue weighted by atomic mass is 10.2. The minimum atomic E-state index is 0.529. The van der Waals surface area contributed by atoms with Gasteiger partial charge in [0, 0.05) is 4.90 Å². The van der Waals surface area contributed by atoms with Crippen LogP contribution in [0.15, 0.2) is 41.3 Å². The van der Waals surface area contributed by atoms with Crippen molar-refractivity contribution >= 4 is 23.4 Å². The molecule has 0 aliphatic rings. The highest BCUT2D eigenvalue weighted by atomic mass is 35.5. The van der Waals surface area contributed by atoms with E-state index in [1.165, 1.54) is 11.8 Å². The molecule has 0 aromatic heterocycles. The number of rotatable bonds is 3. The fourth-order valence-corrected chi connectivity index (χ4v) is 2.40. The average molecular weight is 290 g/mol. The van der Waals surface area contributed by atoms with Crippen molar-refractivity contribution in [3.63, 3.8) is 0 Å². The van der Waals surface area contributed by atoms with Crippen molar-refractivity contribution < 1.29 is 4.74 Å². The van der Waals surface area contributed by atoms with Gasteiger partial charge in [-0.2, -0.15) is 5.26 Å². The molecule has 0 atom stereocenters. The van der Waals surface area contributed by atoms with E-state index in [9.17, 15) is 5.26 Å². The normalized spacial score (nSPS) is 10.0. The van der Waals surface area contributed by atoms with E-state index in [4.69, 9.17) is 16.3 Å². The summed E-state index contributed by atoms with van der Waals surface area (Å²) < 4.78 is 5.79. The molecule has 0 amide bonds. The van der Waals surface area contributed by atoms with Gasteiger partial charge in [0.25, 0.3) is 0 Å². The van der Waals surface area contributed by atoms with Crippen LogP contribution in [0.2, 0.25) is 5.02 Å². The van der Waals surface area contributed by atoms with Crippen molar-refractivity contribution in [3.05, 3.63) is 52.5 Å². The van der Waals surface area contributed by atoms with Crippen LogP contribution in [-0.4, -0.2) is 6.26 Å². The number of aryl methyl sites for hydroxylation is 1. The van der Waals surface area contributed by atoms with Gasteiger partial charge in [-0.25, -0.2) is 0 Å². The summed E-state index contributed by atoms with van der Waals surface area (Å²) in [7, 11) is 0. The molecule has 0 bridgehead atoms. The van der Waals surface area contributed by atoms with Crippen molar-refractivity contribution in [1.82, 2.24) is 0 Å². The number of halogens is 1. The van der Waals surface area contributed by atoms with Gasteiger partial charge in [0.15, 0.2) is 0 Å². The van der Waals surface area contributed by atoms with Gasteiger partial charge in [-0.15, -0.1) is 11.8 Å². The predicted molar refractivity (Wildman–Crippen MR) is 79.2 cm³/mol. The summed E-state index contributed by atoms with van der Waals surface area (Å²) in [5, 5.41) is 9.79. The third kappa shape index (κ3) is 3.04. The molecule has 2 nitrogen and oxygen atoms in total. The first-order valence-electron chi connectivity index (χ1n) is 5.67. The second-order valence-electron chi connectivity index (χ2n) is 3.98. The van der Waals surface area contributed by atoms with E-state index in [2.05, 4.69) is 6.07 Å². The first kappa shape index (κ1) is 13.8. The van der Waals surface area contributed by atoms with Gasteiger partial charge in [-0.05, 0) is 43.0 Å².